The third kappa shape index (κ3) is 3.69. The van der Waals surface area contributed by atoms with Gasteiger partial charge in [-0.05, 0) is 30.7 Å². The van der Waals surface area contributed by atoms with Crippen LogP contribution in [-0.4, -0.2) is 35.1 Å². The van der Waals surface area contributed by atoms with Crippen LogP contribution < -0.4 is 15.4 Å². The maximum atomic E-state index is 11.3. The fourth-order valence-corrected chi connectivity index (χ4v) is 3.53. The zero-order chi connectivity index (χ0) is 18.8. The Bertz CT molecular complexity index is 981. The highest BCUT2D eigenvalue weighted by molar-refractivity contribution is 5.91. The van der Waals surface area contributed by atoms with Gasteiger partial charge in [-0.25, -0.2) is 4.98 Å². The molecule has 0 saturated carbocycles. The molecule has 27 heavy (non-hydrogen) atoms. The lowest BCUT2D eigenvalue weighted by atomic mass is 10.1. The predicted octanol–water partition coefficient (Wildman–Crippen LogP) is 3.08. The number of ether oxygens (including phenoxy) is 1. The number of carbonyl (C=O) groups excluding carboxylic acids is 1. The second-order valence-electron chi connectivity index (χ2n) is 6.87. The van der Waals surface area contributed by atoms with Crippen LogP contribution in [0.4, 0.5) is 5.82 Å². The lowest BCUT2D eigenvalue weighted by Crippen LogP contribution is -2.39. The van der Waals surface area contributed by atoms with Crippen molar-refractivity contribution < 1.29 is 9.53 Å². The molecule has 1 fully saturated rings. The molecule has 2 N–H and O–H groups in total. The summed E-state index contributed by atoms with van der Waals surface area (Å²) in [4.78, 5) is 22.4. The number of primary amides is 1. The molecule has 6 nitrogen and oxygen atoms in total. The summed E-state index contributed by atoms with van der Waals surface area (Å²) in [5, 5.41) is 1.17. The van der Waals surface area contributed by atoms with Gasteiger partial charge in [0.05, 0.1) is 5.52 Å². The van der Waals surface area contributed by atoms with E-state index in [2.05, 4.69) is 28.9 Å². The molecule has 1 aromatic carbocycles. The first-order valence-electron chi connectivity index (χ1n) is 9.14. The van der Waals surface area contributed by atoms with Crippen molar-refractivity contribution >= 4 is 22.6 Å². The van der Waals surface area contributed by atoms with Crippen molar-refractivity contribution in [2.45, 2.75) is 25.9 Å². The molecule has 3 heterocycles. The van der Waals surface area contributed by atoms with Gasteiger partial charge in [0.1, 0.15) is 23.4 Å². The summed E-state index contributed by atoms with van der Waals surface area (Å²) in [6.45, 7) is 3.87. The largest absolute Gasteiger partial charge is 0.490 e. The molecular weight excluding hydrogens is 340 g/mol. The summed E-state index contributed by atoms with van der Waals surface area (Å²) in [6.07, 6.45) is 3.43. The Morgan fingerprint density at radius 2 is 1.96 bits per heavy atom. The van der Waals surface area contributed by atoms with Gasteiger partial charge in [-0.2, -0.15) is 0 Å². The fraction of sp³-hybridized carbons (Fsp3) is 0.286. The number of amides is 1. The highest BCUT2D eigenvalue weighted by Gasteiger charge is 2.23. The normalized spacial score (nSPS) is 15.1. The molecule has 0 aliphatic carbocycles. The maximum absolute atomic E-state index is 11.3. The molecule has 2 aromatic heterocycles. The van der Waals surface area contributed by atoms with Crippen LogP contribution in [0.15, 0.2) is 48.7 Å². The van der Waals surface area contributed by atoms with Crippen LogP contribution >= 0.6 is 0 Å². The number of hydrogen-bond acceptors (Lipinski definition) is 5. The van der Waals surface area contributed by atoms with Crippen LogP contribution in [0.25, 0.3) is 10.9 Å². The van der Waals surface area contributed by atoms with E-state index in [0.717, 1.165) is 37.3 Å². The van der Waals surface area contributed by atoms with Gasteiger partial charge in [-0.1, -0.05) is 18.2 Å². The van der Waals surface area contributed by atoms with Crippen molar-refractivity contribution in [3.8, 4) is 5.75 Å². The van der Waals surface area contributed by atoms with E-state index in [0.29, 0.717) is 5.75 Å². The molecule has 4 rings (SSSR count). The zero-order valence-electron chi connectivity index (χ0n) is 15.3. The van der Waals surface area contributed by atoms with Crippen molar-refractivity contribution in [1.29, 1.82) is 0 Å². The molecule has 1 saturated heterocycles. The van der Waals surface area contributed by atoms with Crippen molar-refractivity contribution in [1.82, 2.24) is 9.97 Å². The number of rotatable bonds is 4. The number of aryl methyl sites for hydroxylation is 1. The number of anilines is 1. The SMILES string of the molecule is Cc1cc2ccccc2nc1N1CCC(Oc2ccnc(C(N)=O)c2)CC1. The number of carbonyl (C=O) groups is 1. The minimum atomic E-state index is -0.548. The van der Waals surface area contributed by atoms with Crippen molar-refractivity contribution in [3.63, 3.8) is 0 Å². The third-order valence-electron chi connectivity index (χ3n) is 4.92. The van der Waals surface area contributed by atoms with Crippen LogP contribution in [0, 0.1) is 6.92 Å². The van der Waals surface area contributed by atoms with Gasteiger partial charge in [0.25, 0.3) is 5.91 Å². The summed E-state index contributed by atoms with van der Waals surface area (Å²) in [5.74, 6) is 1.14. The molecule has 0 atom stereocenters. The minimum Gasteiger partial charge on any atom is -0.490 e. The summed E-state index contributed by atoms with van der Waals surface area (Å²) >= 11 is 0. The molecule has 1 aliphatic heterocycles. The van der Waals surface area contributed by atoms with Crippen molar-refractivity contribution in [2.75, 3.05) is 18.0 Å². The first-order valence-corrected chi connectivity index (χ1v) is 9.14. The Balaban J connectivity index is 1.44. The van der Waals surface area contributed by atoms with E-state index in [1.165, 1.54) is 10.9 Å². The number of nitrogens with two attached hydrogens (primary N) is 1. The number of piperidine rings is 1. The Kier molecular flexibility index (Phi) is 4.62. The van der Waals surface area contributed by atoms with Crippen LogP contribution in [0.3, 0.4) is 0 Å². The van der Waals surface area contributed by atoms with E-state index < -0.39 is 5.91 Å². The average molecular weight is 362 g/mol. The van der Waals surface area contributed by atoms with E-state index in [9.17, 15) is 4.79 Å². The highest BCUT2D eigenvalue weighted by Crippen LogP contribution is 2.27. The Labute approximate surface area is 158 Å². The quantitative estimate of drug-likeness (QED) is 0.771. The molecule has 1 amide bonds. The van der Waals surface area contributed by atoms with Crippen LogP contribution in [0.2, 0.25) is 0 Å². The summed E-state index contributed by atoms with van der Waals surface area (Å²) in [6, 6.07) is 13.8. The summed E-state index contributed by atoms with van der Waals surface area (Å²) < 4.78 is 6.04. The standard InChI is InChI=1S/C21H22N4O2/c1-14-12-15-4-2-3-5-18(15)24-21(14)25-10-7-16(8-11-25)27-17-6-9-23-19(13-17)20(22)26/h2-6,9,12-13,16H,7-8,10-11H2,1H3,(H2,22,26). The predicted molar refractivity (Wildman–Crippen MR) is 105 cm³/mol. The van der Waals surface area contributed by atoms with E-state index in [1.54, 1.807) is 18.3 Å². The molecule has 0 unspecified atom stereocenters. The summed E-state index contributed by atoms with van der Waals surface area (Å²) in [5.41, 5.74) is 7.71. The number of hydrogen-bond donors (Lipinski definition) is 1. The topological polar surface area (TPSA) is 81.3 Å². The zero-order valence-corrected chi connectivity index (χ0v) is 15.3. The smallest absolute Gasteiger partial charge is 0.267 e. The molecule has 6 heteroatoms. The summed E-state index contributed by atoms with van der Waals surface area (Å²) in [7, 11) is 0. The number of aromatic nitrogens is 2. The molecule has 138 valence electrons. The lowest BCUT2D eigenvalue weighted by Gasteiger charge is -2.33. The molecule has 3 aromatic rings. The van der Waals surface area contributed by atoms with Crippen molar-refractivity contribution in [3.05, 3.63) is 59.9 Å². The molecule has 1 aliphatic rings. The van der Waals surface area contributed by atoms with E-state index >= 15 is 0 Å². The first kappa shape index (κ1) is 17.3. The highest BCUT2D eigenvalue weighted by atomic mass is 16.5. The van der Waals surface area contributed by atoms with Crippen LogP contribution in [-0.2, 0) is 0 Å². The molecule has 0 bridgehead atoms. The van der Waals surface area contributed by atoms with Gasteiger partial charge in [0, 0.05) is 43.6 Å². The van der Waals surface area contributed by atoms with Gasteiger partial charge >= 0.3 is 0 Å². The molecule has 0 radical (unpaired) electrons. The first-order chi connectivity index (χ1) is 13.1. The Morgan fingerprint density at radius 1 is 1.19 bits per heavy atom. The van der Waals surface area contributed by atoms with Gasteiger partial charge in [-0.15, -0.1) is 0 Å². The second kappa shape index (κ2) is 7.23. The second-order valence-corrected chi connectivity index (χ2v) is 6.87. The number of fused-ring (bicyclic) bond motifs is 1. The Hall–Kier alpha value is -3.15. The number of nitrogens with zero attached hydrogens (tertiary/aromatic N) is 3. The lowest BCUT2D eigenvalue weighted by molar-refractivity contribution is 0.0994. The van der Waals surface area contributed by atoms with Crippen LogP contribution in [0.1, 0.15) is 28.9 Å². The monoisotopic (exact) mass is 362 g/mol. The van der Waals surface area contributed by atoms with Crippen molar-refractivity contribution in [2.24, 2.45) is 5.73 Å². The average Bonchev–Trinajstić information content (AvgIpc) is 2.68. The van der Waals surface area contributed by atoms with E-state index in [1.807, 2.05) is 18.2 Å². The maximum Gasteiger partial charge on any atom is 0.267 e. The molecule has 0 spiro atoms. The van der Waals surface area contributed by atoms with E-state index in [4.69, 9.17) is 15.5 Å². The minimum absolute atomic E-state index is 0.102. The van der Waals surface area contributed by atoms with Gasteiger partial charge < -0.3 is 15.4 Å². The Morgan fingerprint density at radius 3 is 2.74 bits per heavy atom. The number of para-hydroxylation sites is 1. The van der Waals surface area contributed by atoms with Gasteiger partial charge in [0.2, 0.25) is 0 Å². The van der Waals surface area contributed by atoms with Crippen LogP contribution in [0.5, 0.6) is 5.75 Å². The van der Waals surface area contributed by atoms with E-state index in [-0.39, 0.29) is 11.8 Å². The number of pyridine rings is 2. The third-order valence-corrected chi connectivity index (χ3v) is 4.92. The fourth-order valence-electron chi connectivity index (χ4n) is 3.53. The van der Waals surface area contributed by atoms with Gasteiger partial charge in [-0.3, -0.25) is 9.78 Å². The number of benzene rings is 1. The van der Waals surface area contributed by atoms with Gasteiger partial charge in [0.15, 0.2) is 0 Å². The molecular formula is C21H22N4O2.